The van der Waals surface area contributed by atoms with E-state index >= 15 is 0 Å². The molecule has 0 aromatic heterocycles. The summed E-state index contributed by atoms with van der Waals surface area (Å²) in [5.74, 6) is 0. The van der Waals surface area contributed by atoms with E-state index in [0.29, 0.717) is 0 Å². The van der Waals surface area contributed by atoms with Crippen molar-refractivity contribution in [1.82, 2.24) is 0 Å². The van der Waals surface area contributed by atoms with E-state index in [2.05, 4.69) is 11.2 Å². The molecule has 0 aliphatic rings. The highest BCUT2D eigenvalue weighted by molar-refractivity contribution is 4.71. The lowest BCUT2D eigenvalue weighted by atomic mass is 10.1. The smallest absolute Gasteiger partial charge is 0.307 e. The molecule has 0 saturated carbocycles. The Bertz CT molecular complexity index is 149. The van der Waals surface area contributed by atoms with Crippen LogP contribution in [0.25, 0.3) is 0 Å². The van der Waals surface area contributed by atoms with Gasteiger partial charge in [0.2, 0.25) is 6.26 Å². The lowest BCUT2D eigenvalue weighted by Crippen LogP contribution is -2.32. The van der Waals surface area contributed by atoms with E-state index in [-0.39, 0.29) is 0 Å². The third kappa shape index (κ3) is 13.8. The molecule has 15 heavy (non-hydrogen) atoms. The summed E-state index contributed by atoms with van der Waals surface area (Å²) >= 11 is 0. The highest BCUT2D eigenvalue weighted by atomic mass is 35.6. The fourth-order valence-corrected chi connectivity index (χ4v) is 1.52. The number of hydrogen-bond acceptors (Lipinski definition) is 3. The summed E-state index contributed by atoms with van der Waals surface area (Å²) in [5.41, 5.74) is 0. The van der Waals surface area contributed by atoms with E-state index < -0.39 is 10.8 Å². The predicted molar refractivity (Wildman–Crippen MR) is 52.8 cm³/mol. The topological polar surface area (TPSA) is 55.3 Å². The molecule has 4 heteroatoms. The Morgan fingerprint density at radius 2 is 1.60 bits per heavy atom. The fourth-order valence-electron chi connectivity index (χ4n) is 1.37. The second-order valence-electron chi connectivity index (χ2n) is 3.56. The molecule has 0 aromatic carbocycles. The maximum atomic E-state index is 9.92. The number of hydrogen-bond donors (Lipinski definition) is 0. The number of allylic oxidation sites excluding steroid dienone is 1. The van der Waals surface area contributed by atoms with Gasteiger partial charge in [-0.15, -0.1) is 4.29 Å². The molecule has 90 valence electrons. The van der Waals surface area contributed by atoms with E-state index in [1.807, 2.05) is 0 Å². The van der Waals surface area contributed by atoms with Gasteiger partial charge in [0.05, 0.1) is 0 Å². The maximum Gasteiger partial charge on any atom is 0.349 e. The fraction of sp³-hybridized carbons (Fsp3) is 0.818. The van der Waals surface area contributed by atoms with Crippen LogP contribution in [0.3, 0.4) is 0 Å². The van der Waals surface area contributed by atoms with Crippen LogP contribution in [0, 0.1) is 10.8 Å². The standard InChI is InChI=1S/C11H21ClO3/c1-2-3-4-5-6-7-8-9-10-11-15-12(13)14/h10-11H,2-9H2,1H3/b11-10+. The molecule has 0 amide bonds. The molecule has 0 aromatic rings. The summed E-state index contributed by atoms with van der Waals surface area (Å²) in [6.45, 7) is 2.21. The zero-order valence-corrected chi connectivity index (χ0v) is 10.2. The molecule has 0 heterocycles. The zero-order chi connectivity index (χ0) is 11.4. The normalized spacial score (nSPS) is 11.5. The van der Waals surface area contributed by atoms with Crippen molar-refractivity contribution >= 4 is 0 Å². The molecule has 0 spiro atoms. The van der Waals surface area contributed by atoms with Crippen molar-refractivity contribution in [3.8, 4) is 0 Å². The van der Waals surface area contributed by atoms with Gasteiger partial charge >= 0.3 is 10.8 Å². The van der Waals surface area contributed by atoms with Crippen LogP contribution < -0.4 is 9.32 Å². The molecule has 0 saturated heterocycles. The summed E-state index contributed by atoms with van der Waals surface area (Å²) < 4.78 is 24.0. The zero-order valence-electron chi connectivity index (χ0n) is 9.41. The van der Waals surface area contributed by atoms with E-state index in [4.69, 9.17) is 0 Å². The first-order valence-corrected chi connectivity index (χ1v) is 6.57. The second-order valence-corrected chi connectivity index (χ2v) is 4.12. The average molecular weight is 237 g/mol. The van der Waals surface area contributed by atoms with Gasteiger partial charge in [-0.25, -0.2) is 0 Å². The molecule has 0 aliphatic carbocycles. The van der Waals surface area contributed by atoms with Crippen LogP contribution in [-0.2, 0) is 4.29 Å². The van der Waals surface area contributed by atoms with Crippen molar-refractivity contribution in [1.29, 1.82) is 0 Å². The van der Waals surface area contributed by atoms with Crippen LogP contribution in [0.1, 0.15) is 58.3 Å². The monoisotopic (exact) mass is 236 g/mol. The minimum absolute atomic E-state index is 0.888. The van der Waals surface area contributed by atoms with Crippen molar-refractivity contribution in [3.63, 3.8) is 0 Å². The van der Waals surface area contributed by atoms with Crippen molar-refractivity contribution in [2.24, 2.45) is 0 Å². The Balaban J connectivity index is 3.01. The molecular weight excluding hydrogens is 216 g/mol. The summed E-state index contributed by atoms with van der Waals surface area (Å²) in [6.07, 6.45) is 12.7. The van der Waals surface area contributed by atoms with Crippen LogP contribution in [0.2, 0.25) is 0 Å². The van der Waals surface area contributed by atoms with Crippen molar-refractivity contribution in [2.45, 2.75) is 58.3 Å². The first kappa shape index (κ1) is 14.8. The third-order valence-corrected chi connectivity index (χ3v) is 2.44. The predicted octanol–water partition coefficient (Wildman–Crippen LogP) is 1.74. The van der Waals surface area contributed by atoms with Crippen molar-refractivity contribution in [2.75, 3.05) is 0 Å². The van der Waals surface area contributed by atoms with Gasteiger partial charge < -0.3 is 9.32 Å². The van der Waals surface area contributed by atoms with Gasteiger partial charge in [-0.3, -0.25) is 0 Å². The van der Waals surface area contributed by atoms with Crippen molar-refractivity contribution < 1.29 is 24.4 Å². The molecule has 0 rings (SSSR count). The molecule has 0 unspecified atom stereocenters. The molecule has 0 radical (unpaired) electrons. The van der Waals surface area contributed by atoms with Crippen LogP contribution >= 0.6 is 0 Å². The summed E-state index contributed by atoms with van der Waals surface area (Å²) in [5, 5.41) is 0. The maximum absolute atomic E-state index is 9.92. The SMILES string of the molecule is CCCCCCCCC/C=C/O[Cl+2]([O-])[O-]. The van der Waals surface area contributed by atoms with Gasteiger partial charge in [-0.2, -0.15) is 0 Å². The van der Waals surface area contributed by atoms with Gasteiger partial charge in [-0.1, -0.05) is 45.4 Å². The van der Waals surface area contributed by atoms with Crippen LogP contribution in [-0.4, -0.2) is 0 Å². The Morgan fingerprint density at radius 1 is 1.00 bits per heavy atom. The number of rotatable bonds is 10. The van der Waals surface area contributed by atoms with Gasteiger partial charge in [0.1, 0.15) is 0 Å². The quantitative estimate of drug-likeness (QED) is 0.429. The first-order chi connectivity index (χ1) is 7.27. The molecule has 0 bridgehead atoms. The largest absolute Gasteiger partial charge is 0.349 e. The van der Waals surface area contributed by atoms with Gasteiger partial charge in [0.15, 0.2) is 0 Å². The number of halogens is 1. The van der Waals surface area contributed by atoms with Gasteiger partial charge in [0, 0.05) is 0 Å². The Hall–Kier alpha value is -0.250. The number of unbranched alkanes of at least 4 members (excludes halogenated alkanes) is 7. The molecular formula is C11H21ClO3. The van der Waals surface area contributed by atoms with E-state index in [1.54, 1.807) is 6.08 Å². The van der Waals surface area contributed by atoms with E-state index in [0.717, 1.165) is 12.8 Å². The van der Waals surface area contributed by atoms with Crippen LogP contribution in [0.15, 0.2) is 12.3 Å². The molecule has 0 fully saturated rings. The third-order valence-electron chi connectivity index (χ3n) is 2.19. The first-order valence-electron chi connectivity index (χ1n) is 5.65. The summed E-state index contributed by atoms with van der Waals surface area (Å²) in [7, 11) is -2.11. The lowest BCUT2D eigenvalue weighted by molar-refractivity contribution is -1.63. The lowest BCUT2D eigenvalue weighted by Gasteiger charge is -1.98. The Labute approximate surface area is 95.5 Å². The summed E-state index contributed by atoms with van der Waals surface area (Å²) in [4.78, 5) is 0. The van der Waals surface area contributed by atoms with Crippen LogP contribution in [0.4, 0.5) is 0 Å². The highest BCUT2D eigenvalue weighted by Gasteiger charge is 1.98. The average Bonchev–Trinajstić information content (AvgIpc) is 2.20. The Kier molecular flexibility index (Phi) is 11.6. The van der Waals surface area contributed by atoms with Crippen LogP contribution in [0.5, 0.6) is 0 Å². The van der Waals surface area contributed by atoms with E-state index in [9.17, 15) is 9.32 Å². The molecule has 3 nitrogen and oxygen atoms in total. The molecule has 0 aliphatic heterocycles. The minimum atomic E-state index is -2.11. The second kappa shape index (κ2) is 11.8. The molecule has 0 atom stereocenters. The summed E-state index contributed by atoms with van der Waals surface area (Å²) in [6, 6.07) is 0. The van der Waals surface area contributed by atoms with Crippen molar-refractivity contribution in [3.05, 3.63) is 12.3 Å². The van der Waals surface area contributed by atoms with Gasteiger partial charge in [0.25, 0.3) is 0 Å². The Morgan fingerprint density at radius 3 is 2.20 bits per heavy atom. The van der Waals surface area contributed by atoms with E-state index in [1.165, 1.54) is 44.8 Å². The van der Waals surface area contributed by atoms with Gasteiger partial charge in [-0.05, 0) is 18.9 Å². The minimum Gasteiger partial charge on any atom is -0.307 e. The highest BCUT2D eigenvalue weighted by Crippen LogP contribution is 2.08. The molecule has 0 N–H and O–H groups in total.